The van der Waals surface area contributed by atoms with Gasteiger partial charge in [-0.25, -0.2) is 0 Å². The Morgan fingerprint density at radius 3 is 1.56 bits per heavy atom. The summed E-state index contributed by atoms with van der Waals surface area (Å²) in [6.07, 6.45) is 0. The minimum absolute atomic E-state index is 0.0525. The first kappa shape index (κ1) is 36.9. The zero-order valence-electron chi connectivity index (χ0n) is 35.6. The first-order valence-electron chi connectivity index (χ1n) is 21.1. The van der Waals surface area contributed by atoms with Crippen LogP contribution in [0.5, 0.6) is 0 Å². The fourth-order valence-corrected chi connectivity index (χ4v) is 9.55. The van der Waals surface area contributed by atoms with Crippen LogP contribution in [0.25, 0.3) is 60.5 Å². The van der Waals surface area contributed by atoms with E-state index in [-0.39, 0.29) is 16.2 Å². The maximum Gasteiger partial charge on any atom is 0.0543 e. The van der Waals surface area contributed by atoms with Crippen LogP contribution in [0.1, 0.15) is 77.6 Å². The first-order chi connectivity index (χ1) is 28.3. The molecule has 0 N–H and O–H groups in total. The van der Waals surface area contributed by atoms with Crippen molar-refractivity contribution in [3.05, 3.63) is 192 Å². The number of anilines is 3. The lowest BCUT2D eigenvalue weighted by molar-refractivity contribution is 0.590. The van der Waals surface area contributed by atoms with Crippen LogP contribution < -0.4 is 4.90 Å². The highest BCUT2D eigenvalue weighted by Crippen LogP contribution is 2.55. The van der Waals surface area contributed by atoms with Crippen molar-refractivity contribution < 1.29 is 0 Å². The van der Waals surface area contributed by atoms with Gasteiger partial charge < -0.3 is 9.47 Å². The molecule has 1 aliphatic rings. The average molecular weight is 765 g/mol. The van der Waals surface area contributed by atoms with Gasteiger partial charge in [-0.2, -0.15) is 0 Å². The van der Waals surface area contributed by atoms with Crippen LogP contribution in [0.4, 0.5) is 17.1 Å². The van der Waals surface area contributed by atoms with Crippen LogP contribution in [0.3, 0.4) is 0 Å². The van der Waals surface area contributed by atoms with E-state index in [9.17, 15) is 0 Å². The van der Waals surface area contributed by atoms with E-state index < -0.39 is 0 Å². The molecule has 10 rings (SSSR count). The van der Waals surface area contributed by atoms with E-state index in [2.05, 4.69) is 235 Å². The van der Waals surface area contributed by atoms with E-state index in [4.69, 9.17) is 0 Å². The SMILES string of the molecule is CC(C)(C)c1ccc2c(c1)c1cc(C(C)(C)C)ccc1n2-c1ccc2c(c1)C(C)(C)c1cc(N(c3ccccc3)c3ccc(-c4ccccc4)cc3)c3ccccc3c1-2. The Hall–Kier alpha value is -6.38. The quantitative estimate of drug-likeness (QED) is 0.169. The third-order valence-electron chi connectivity index (χ3n) is 12.9. The molecule has 59 heavy (non-hydrogen) atoms. The van der Waals surface area contributed by atoms with Crippen LogP contribution in [-0.4, -0.2) is 4.57 Å². The first-order valence-corrected chi connectivity index (χ1v) is 21.1. The summed E-state index contributed by atoms with van der Waals surface area (Å²) in [5.41, 5.74) is 17.5. The standard InChI is InChI=1S/C57H52N2/c1-55(2,3)39-25-31-51-47(33-39)48-34-40(56(4,5)6)26-32-52(48)59(51)43-29-30-46-49(35-43)57(7,8)50-36-53(44-21-15-16-22-45(44)54(46)50)58(41-19-13-10-14-20-41)42-27-23-38(24-28-42)37-17-11-9-12-18-37/h9-36H,1-8H3. The highest BCUT2D eigenvalue weighted by Gasteiger charge is 2.38. The van der Waals surface area contributed by atoms with Crippen molar-refractivity contribution in [1.82, 2.24) is 4.57 Å². The Morgan fingerprint density at radius 2 is 0.966 bits per heavy atom. The van der Waals surface area contributed by atoms with Crippen molar-refractivity contribution in [3.63, 3.8) is 0 Å². The molecule has 0 bridgehead atoms. The Kier molecular flexibility index (Phi) is 8.34. The molecular weight excluding hydrogens is 713 g/mol. The molecule has 290 valence electrons. The van der Waals surface area contributed by atoms with Gasteiger partial charge in [0.15, 0.2) is 0 Å². The largest absolute Gasteiger partial charge is 0.310 e. The zero-order valence-corrected chi connectivity index (χ0v) is 35.6. The monoisotopic (exact) mass is 764 g/mol. The van der Waals surface area contributed by atoms with Crippen molar-refractivity contribution in [2.24, 2.45) is 0 Å². The summed E-state index contributed by atoms with van der Waals surface area (Å²) >= 11 is 0. The molecule has 9 aromatic rings. The second-order valence-corrected chi connectivity index (χ2v) is 19.1. The Bertz CT molecular complexity index is 2990. The van der Waals surface area contributed by atoms with Gasteiger partial charge in [-0.3, -0.25) is 0 Å². The highest BCUT2D eigenvalue weighted by molar-refractivity contribution is 6.12. The molecule has 0 radical (unpaired) electrons. The molecule has 1 heterocycles. The number of fused-ring (bicyclic) bond motifs is 8. The van der Waals surface area contributed by atoms with Gasteiger partial charge in [0.05, 0.1) is 16.7 Å². The van der Waals surface area contributed by atoms with E-state index in [0.29, 0.717) is 0 Å². The molecule has 0 saturated heterocycles. The van der Waals surface area contributed by atoms with Crippen LogP contribution in [0, 0.1) is 0 Å². The Morgan fingerprint density at radius 1 is 0.441 bits per heavy atom. The summed E-state index contributed by atoms with van der Waals surface area (Å²) in [5, 5.41) is 5.15. The van der Waals surface area contributed by atoms with Crippen molar-refractivity contribution in [3.8, 4) is 27.9 Å². The maximum absolute atomic E-state index is 2.50. The Labute approximate surface area is 349 Å². The number of aromatic nitrogens is 1. The number of para-hydroxylation sites is 1. The van der Waals surface area contributed by atoms with Crippen LogP contribution in [0.15, 0.2) is 170 Å². The van der Waals surface area contributed by atoms with Gasteiger partial charge in [-0.05, 0) is 127 Å². The van der Waals surface area contributed by atoms with Crippen molar-refractivity contribution in [1.29, 1.82) is 0 Å². The smallest absolute Gasteiger partial charge is 0.0543 e. The third-order valence-corrected chi connectivity index (χ3v) is 12.9. The molecule has 2 heteroatoms. The number of hydrogen-bond donors (Lipinski definition) is 0. The fraction of sp³-hybridized carbons (Fsp3) is 0.193. The zero-order chi connectivity index (χ0) is 40.8. The van der Waals surface area contributed by atoms with E-state index >= 15 is 0 Å². The third kappa shape index (κ3) is 5.99. The summed E-state index contributed by atoms with van der Waals surface area (Å²) < 4.78 is 2.50. The molecule has 1 aliphatic carbocycles. The lowest BCUT2D eigenvalue weighted by atomic mass is 9.81. The normalized spacial score (nSPS) is 13.6. The topological polar surface area (TPSA) is 8.17 Å². The van der Waals surface area contributed by atoms with Gasteiger partial charge in [0, 0.05) is 38.6 Å². The van der Waals surface area contributed by atoms with Crippen LogP contribution in [0.2, 0.25) is 0 Å². The predicted octanol–water partition coefficient (Wildman–Crippen LogP) is 16.0. The fourth-order valence-electron chi connectivity index (χ4n) is 9.55. The van der Waals surface area contributed by atoms with Crippen molar-refractivity contribution >= 4 is 49.6 Å². The maximum atomic E-state index is 2.50. The van der Waals surface area contributed by atoms with E-state index in [0.717, 1.165) is 11.4 Å². The summed E-state index contributed by atoms with van der Waals surface area (Å²) in [6, 6.07) is 63.5. The summed E-state index contributed by atoms with van der Waals surface area (Å²) in [4.78, 5) is 2.44. The molecule has 8 aromatic carbocycles. The lowest BCUT2D eigenvalue weighted by Gasteiger charge is -2.30. The molecule has 0 spiro atoms. The van der Waals surface area contributed by atoms with Crippen LogP contribution in [-0.2, 0) is 16.2 Å². The minimum atomic E-state index is -0.253. The van der Waals surface area contributed by atoms with Crippen molar-refractivity contribution in [2.45, 2.75) is 71.6 Å². The highest BCUT2D eigenvalue weighted by atomic mass is 15.1. The van der Waals surface area contributed by atoms with Crippen molar-refractivity contribution in [2.75, 3.05) is 4.90 Å². The second-order valence-electron chi connectivity index (χ2n) is 19.1. The van der Waals surface area contributed by atoms with E-state index in [1.807, 2.05) is 0 Å². The van der Waals surface area contributed by atoms with Crippen LogP contribution >= 0.6 is 0 Å². The molecular formula is C57H52N2. The molecule has 0 unspecified atom stereocenters. The number of rotatable bonds is 5. The second kappa shape index (κ2) is 13.3. The summed E-state index contributed by atoms with van der Waals surface area (Å²) in [5.74, 6) is 0. The van der Waals surface area contributed by atoms with E-state index in [1.54, 1.807) is 0 Å². The van der Waals surface area contributed by atoms with Gasteiger partial charge >= 0.3 is 0 Å². The molecule has 1 aromatic heterocycles. The molecule has 0 fully saturated rings. The predicted molar refractivity (Wildman–Crippen MR) is 253 cm³/mol. The number of hydrogen-bond acceptors (Lipinski definition) is 1. The van der Waals surface area contributed by atoms with Gasteiger partial charge in [0.25, 0.3) is 0 Å². The van der Waals surface area contributed by atoms with E-state index in [1.165, 1.54) is 88.5 Å². The molecule has 0 atom stereocenters. The van der Waals surface area contributed by atoms with Gasteiger partial charge in [0.2, 0.25) is 0 Å². The molecule has 0 aliphatic heterocycles. The number of benzene rings is 8. The van der Waals surface area contributed by atoms with Gasteiger partial charge in [-0.15, -0.1) is 0 Å². The van der Waals surface area contributed by atoms with Gasteiger partial charge in [0.1, 0.15) is 0 Å². The molecule has 2 nitrogen and oxygen atoms in total. The minimum Gasteiger partial charge on any atom is -0.310 e. The lowest BCUT2D eigenvalue weighted by Crippen LogP contribution is -2.17. The molecule has 0 saturated carbocycles. The molecule has 0 amide bonds. The Balaban J connectivity index is 1.16. The summed E-state index contributed by atoms with van der Waals surface area (Å²) in [7, 11) is 0. The average Bonchev–Trinajstić information content (AvgIpc) is 3.68. The van der Waals surface area contributed by atoms with Gasteiger partial charge in [-0.1, -0.05) is 159 Å². The summed E-state index contributed by atoms with van der Waals surface area (Å²) in [6.45, 7) is 18.7. The number of nitrogens with zero attached hydrogens (tertiary/aromatic N) is 2.